The lowest BCUT2D eigenvalue weighted by Crippen LogP contribution is -2.46. The van der Waals surface area contributed by atoms with Crippen molar-refractivity contribution in [3.8, 4) is 0 Å². The highest BCUT2D eigenvalue weighted by molar-refractivity contribution is 5.80. The van der Waals surface area contributed by atoms with Crippen molar-refractivity contribution in [3.05, 3.63) is 0 Å². The lowest BCUT2D eigenvalue weighted by atomic mass is 9.80. The van der Waals surface area contributed by atoms with Gasteiger partial charge in [0, 0.05) is 18.6 Å². The smallest absolute Gasteiger partial charge is 0.306 e. The Morgan fingerprint density at radius 2 is 1.83 bits per heavy atom. The first-order valence-electron chi connectivity index (χ1n) is 9.19. The van der Waals surface area contributed by atoms with Gasteiger partial charge >= 0.3 is 5.97 Å². The molecule has 1 aliphatic carbocycles. The fourth-order valence-electron chi connectivity index (χ4n) is 4.07. The third-order valence-corrected chi connectivity index (χ3v) is 5.63. The number of rotatable bonds is 6. The molecule has 5 heteroatoms. The van der Waals surface area contributed by atoms with Crippen molar-refractivity contribution in [3.63, 3.8) is 0 Å². The summed E-state index contributed by atoms with van der Waals surface area (Å²) in [6, 6.07) is 0.173. The first-order chi connectivity index (χ1) is 11.0. The zero-order chi connectivity index (χ0) is 16.8. The van der Waals surface area contributed by atoms with Crippen LogP contribution < -0.4 is 5.32 Å². The maximum Gasteiger partial charge on any atom is 0.306 e. The summed E-state index contributed by atoms with van der Waals surface area (Å²) < 4.78 is 5.90. The van der Waals surface area contributed by atoms with Gasteiger partial charge in [-0.15, -0.1) is 0 Å². The summed E-state index contributed by atoms with van der Waals surface area (Å²) in [5, 5.41) is 12.3. The lowest BCUT2D eigenvalue weighted by Gasteiger charge is -2.35. The molecule has 2 N–H and O–H groups in total. The Balaban J connectivity index is 1.85. The molecule has 23 heavy (non-hydrogen) atoms. The summed E-state index contributed by atoms with van der Waals surface area (Å²) in [6.07, 6.45) is 7.02. The minimum absolute atomic E-state index is 0.0474. The van der Waals surface area contributed by atoms with Crippen LogP contribution in [0.25, 0.3) is 0 Å². The molecule has 2 fully saturated rings. The van der Waals surface area contributed by atoms with E-state index in [0.29, 0.717) is 25.4 Å². The van der Waals surface area contributed by atoms with Crippen LogP contribution in [0.4, 0.5) is 0 Å². The van der Waals surface area contributed by atoms with Crippen LogP contribution in [0.1, 0.15) is 65.2 Å². The van der Waals surface area contributed by atoms with Gasteiger partial charge in [-0.2, -0.15) is 0 Å². The van der Waals surface area contributed by atoms with Crippen molar-refractivity contribution < 1.29 is 19.4 Å². The van der Waals surface area contributed by atoms with E-state index < -0.39 is 5.97 Å². The number of carboxylic acid groups (broad SMARTS) is 1. The molecule has 2 aliphatic rings. The maximum atomic E-state index is 12.5. The maximum absolute atomic E-state index is 12.5. The molecule has 1 amide bonds. The Morgan fingerprint density at radius 1 is 1.13 bits per heavy atom. The van der Waals surface area contributed by atoms with E-state index in [2.05, 4.69) is 19.2 Å². The van der Waals surface area contributed by atoms with E-state index in [9.17, 15) is 9.59 Å². The Bertz CT molecular complexity index is 408. The molecule has 0 aromatic carbocycles. The van der Waals surface area contributed by atoms with Gasteiger partial charge in [0.05, 0.1) is 12.0 Å². The minimum Gasteiger partial charge on any atom is -0.481 e. The SMILES string of the molecule is CCC(CC)C1CC(NC(=O)C2CCCC(C(=O)O)C2)CCO1. The van der Waals surface area contributed by atoms with Crippen LogP contribution in [-0.4, -0.2) is 35.7 Å². The highest BCUT2D eigenvalue weighted by Gasteiger charge is 2.33. The average molecular weight is 325 g/mol. The highest BCUT2D eigenvalue weighted by atomic mass is 16.5. The third-order valence-electron chi connectivity index (χ3n) is 5.63. The number of hydrogen-bond acceptors (Lipinski definition) is 3. The van der Waals surface area contributed by atoms with Gasteiger partial charge < -0.3 is 15.2 Å². The molecule has 4 unspecified atom stereocenters. The number of carbonyl (C=O) groups excluding carboxylic acids is 1. The summed E-state index contributed by atoms with van der Waals surface area (Å²) in [5.74, 6) is -0.653. The molecule has 1 saturated heterocycles. The van der Waals surface area contributed by atoms with Crippen LogP contribution >= 0.6 is 0 Å². The van der Waals surface area contributed by atoms with Gasteiger partial charge in [0.15, 0.2) is 0 Å². The molecule has 2 rings (SSSR count). The summed E-state index contributed by atoms with van der Waals surface area (Å²) in [7, 11) is 0. The number of hydrogen-bond donors (Lipinski definition) is 2. The Hall–Kier alpha value is -1.10. The molecule has 0 aromatic heterocycles. The largest absolute Gasteiger partial charge is 0.481 e. The second kappa shape index (κ2) is 8.67. The normalized spacial score (nSPS) is 31.8. The predicted octanol–water partition coefficient (Wildman–Crippen LogP) is 2.98. The number of aliphatic carboxylic acids is 1. The number of carboxylic acids is 1. The Morgan fingerprint density at radius 3 is 2.48 bits per heavy atom. The van der Waals surface area contributed by atoms with Gasteiger partial charge in [0.2, 0.25) is 5.91 Å². The van der Waals surface area contributed by atoms with Crippen molar-refractivity contribution in [1.29, 1.82) is 0 Å². The Labute approximate surface area is 139 Å². The predicted molar refractivity (Wildman–Crippen MR) is 88.1 cm³/mol. The number of nitrogens with one attached hydrogen (secondary N) is 1. The van der Waals surface area contributed by atoms with E-state index >= 15 is 0 Å². The van der Waals surface area contributed by atoms with Gasteiger partial charge in [-0.1, -0.05) is 33.1 Å². The third kappa shape index (κ3) is 4.93. The van der Waals surface area contributed by atoms with Crippen molar-refractivity contribution >= 4 is 11.9 Å². The molecule has 1 aliphatic heterocycles. The van der Waals surface area contributed by atoms with Crippen molar-refractivity contribution in [2.24, 2.45) is 17.8 Å². The second-order valence-corrected chi connectivity index (χ2v) is 7.11. The quantitative estimate of drug-likeness (QED) is 0.787. The molecule has 0 spiro atoms. The van der Waals surface area contributed by atoms with Gasteiger partial charge in [-0.3, -0.25) is 9.59 Å². The zero-order valence-electron chi connectivity index (χ0n) is 14.4. The average Bonchev–Trinajstić information content (AvgIpc) is 2.56. The van der Waals surface area contributed by atoms with Crippen LogP contribution in [0.15, 0.2) is 0 Å². The first-order valence-corrected chi connectivity index (χ1v) is 9.19. The van der Waals surface area contributed by atoms with Crippen molar-refractivity contribution in [1.82, 2.24) is 5.32 Å². The van der Waals surface area contributed by atoms with E-state index in [1.165, 1.54) is 0 Å². The summed E-state index contributed by atoms with van der Waals surface area (Å²) in [5.41, 5.74) is 0. The van der Waals surface area contributed by atoms with Crippen LogP contribution in [0, 0.1) is 17.8 Å². The van der Waals surface area contributed by atoms with Crippen LogP contribution in [-0.2, 0) is 14.3 Å². The minimum atomic E-state index is -0.762. The van der Waals surface area contributed by atoms with Crippen LogP contribution in [0.3, 0.4) is 0 Å². The molecule has 0 aromatic rings. The monoisotopic (exact) mass is 325 g/mol. The van der Waals surface area contributed by atoms with Crippen LogP contribution in [0.5, 0.6) is 0 Å². The van der Waals surface area contributed by atoms with Crippen molar-refractivity contribution in [2.75, 3.05) is 6.61 Å². The van der Waals surface area contributed by atoms with E-state index in [1.54, 1.807) is 0 Å². The van der Waals surface area contributed by atoms with Gasteiger partial charge in [0.1, 0.15) is 0 Å². The van der Waals surface area contributed by atoms with Gasteiger partial charge in [-0.05, 0) is 38.0 Å². The summed E-state index contributed by atoms with van der Waals surface area (Å²) in [4.78, 5) is 23.7. The molecule has 5 nitrogen and oxygen atoms in total. The topological polar surface area (TPSA) is 75.6 Å². The fourth-order valence-corrected chi connectivity index (χ4v) is 4.07. The molecule has 4 atom stereocenters. The van der Waals surface area contributed by atoms with E-state index in [-0.39, 0.29) is 29.9 Å². The fraction of sp³-hybridized carbons (Fsp3) is 0.889. The molecule has 0 radical (unpaired) electrons. The van der Waals surface area contributed by atoms with E-state index in [0.717, 1.165) is 38.5 Å². The van der Waals surface area contributed by atoms with Gasteiger partial charge in [0.25, 0.3) is 0 Å². The molecule has 0 bridgehead atoms. The van der Waals surface area contributed by atoms with E-state index in [4.69, 9.17) is 9.84 Å². The Kier molecular flexibility index (Phi) is 6.88. The zero-order valence-corrected chi connectivity index (χ0v) is 14.4. The molecule has 132 valence electrons. The highest BCUT2D eigenvalue weighted by Crippen LogP contribution is 2.30. The molecule has 1 heterocycles. The van der Waals surface area contributed by atoms with Crippen molar-refractivity contribution in [2.45, 2.75) is 77.4 Å². The summed E-state index contributed by atoms with van der Waals surface area (Å²) in [6.45, 7) is 5.08. The number of carbonyl (C=O) groups is 2. The van der Waals surface area contributed by atoms with Gasteiger partial charge in [-0.25, -0.2) is 0 Å². The number of ether oxygens (including phenoxy) is 1. The molecular formula is C18H31NO4. The van der Waals surface area contributed by atoms with E-state index in [1.807, 2.05) is 0 Å². The second-order valence-electron chi connectivity index (χ2n) is 7.11. The number of amides is 1. The summed E-state index contributed by atoms with van der Waals surface area (Å²) >= 11 is 0. The molecular weight excluding hydrogens is 294 g/mol. The first kappa shape index (κ1) is 18.2. The van der Waals surface area contributed by atoms with Crippen LogP contribution in [0.2, 0.25) is 0 Å². The lowest BCUT2D eigenvalue weighted by molar-refractivity contribution is -0.144. The molecule has 1 saturated carbocycles. The standard InChI is InChI=1S/C18H31NO4/c1-3-12(4-2)16-11-15(8-9-23-16)19-17(20)13-6-5-7-14(10-13)18(21)22/h12-16H,3-11H2,1-2H3,(H,19,20)(H,21,22).